The highest BCUT2D eigenvalue weighted by Gasteiger charge is 2.03. The molecule has 1 aromatic heterocycles. The molecule has 0 saturated heterocycles. The Kier molecular flexibility index (Phi) is 5.11. The second-order valence-corrected chi connectivity index (χ2v) is 4.52. The summed E-state index contributed by atoms with van der Waals surface area (Å²) in [6.45, 7) is 0.699. The molecule has 6 nitrogen and oxygen atoms in total. The van der Waals surface area contributed by atoms with Gasteiger partial charge in [-0.2, -0.15) is 5.10 Å². The van der Waals surface area contributed by atoms with Gasteiger partial charge >= 0.3 is 0 Å². The molecule has 0 radical (unpaired) electrons. The predicted octanol–water partition coefficient (Wildman–Crippen LogP) is 1.21. The Morgan fingerprint density at radius 3 is 2.76 bits per heavy atom. The standard InChI is InChI=1S/C15H18N4O2/c1-19(9-10-20)13-6-4-12(5-7-13)11-17-18-15(21)14-3-2-8-16-14/h2-8,11,16,20H,9-10H2,1H3,(H,18,21)/b17-11-. The molecule has 0 saturated carbocycles. The van der Waals surface area contributed by atoms with Gasteiger partial charge in [0.1, 0.15) is 5.69 Å². The number of anilines is 1. The first-order valence-electron chi connectivity index (χ1n) is 6.59. The number of aliphatic hydroxyl groups is 1. The van der Waals surface area contributed by atoms with E-state index < -0.39 is 0 Å². The zero-order chi connectivity index (χ0) is 15.1. The SMILES string of the molecule is CN(CCO)c1ccc(/C=N\NC(=O)c2ccc[nH]2)cc1. The fourth-order valence-electron chi connectivity index (χ4n) is 1.79. The fourth-order valence-corrected chi connectivity index (χ4v) is 1.79. The Balaban J connectivity index is 1.91. The minimum absolute atomic E-state index is 0.116. The van der Waals surface area contributed by atoms with Crippen LogP contribution in [0.3, 0.4) is 0 Å². The molecule has 6 heteroatoms. The molecule has 0 bridgehead atoms. The van der Waals surface area contributed by atoms with Gasteiger partial charge in [-0.25, -0.2) is 5.43 Å². The first-order valence-corrected chi connectivity index (χ1v) is 6.59. The monoisotopic (exact) mass is 286 g/mol. The van der Waals surface area contributed by atoms with Crippen LogP contribution < -0.4 is 10.3 Å². The van der Waals surface area contributed by atoms with Crippen molar-refractivity contribution in [1.82, 2.24) is 10.4 Å². The summed E-state index contributed by atoms with van der Waals surface area (Å²) in [5.74, 6) is -0.282. The lowest BCUT2D eigenvalue weighted by Crippen LogP contribution is -2.20. The van der Waals surface area contributed by atoms with Crippen molar-refractivity contribution in [3.05, 3.63) is 53.9 Å². The number of aromatic amines is 1. The number of rotatable bonds is 6. The van der Waals surface area contributed by atoms with Crippen LogP contribution in [-0.2, 0) is 0 Å². The average molecular weight is 286 g/mol. The van der Waals surface area contributed by atoms with Gasteiger partial charge in [0.25, 0.3) is 5.91 Å². The van der Waals surface area contributed by atoms with Crippen LogP contribution in [0.4, 0.5) is 5.69 Å². The molecule has 0 atom stereocenters. The van der Waals surface area contributed by atoms with Crippen molar-refractivity contribution in [3.63, 3.8) is 0 Å². The van der Waals surface area contributed by atoms with E-state index in [1.807, 2.05) is 36.2 Å². The predicted molar refractivity (Wildman–Crippen MR) is 82.7 cm³/mol. The molecule has 21 heavy (non-hydrogen) atoms. The Morgan fingerprint density at radius 1 is 1.38 bits per heavy atom. The molecule has 0 aliphatic heterocycles. The van der Waals surface area contributed by atoms with Crippen molar-refractivity contribution >= 4 is 17.8 Å². The topological polar surface area (TPSA) is 80.7 Å². The van der Waals surface area contributed by atoms with Crippen LogP contribution in [0.5, 0.6) is 0 Å². The number of hydrazone groups is 1. The lowest BCUT2D eigenvalue weighted by molar-refractivity contribution is 0.0951. The Hall–Kier alpha value is -2.60. The van der Waals surface area contributed by atoms with Gasteiger partial charge in [-0.15, -0.1) is 0 Å². The van der Waals surface area contributed by atoms with Crippen molar-refractivity contribution in [2.24, 2.45) is 5.10 Å². The van der Waals surface area contributed by atoms with Gasteiger partial charge in [-0.05, 0) is 29.8 Å². The van der Waals surface area contributed by atoms with Crippen LogP contribution >= 0.6 is 0 Å². The normalized spacial score (nSPS) is 10.8. The molecule has 2 rings (SSSR count). The average Bonchev–Trinajstić information content (AvgIpc) is 3.02. The first-order chi connectivity index (χ1) is 10.2. The zero-order valence-corrected chi connectivity index (χ0v) is 11.8. The summed E-state index contributed by atoms with van der Waals surface area (Å²) in [5, 5.41) is 12.8. The summed E-state index contributed by atoms with van der Waals surface area (Å²) in [6.07, 6.45) is 3.26. The third-order valence-electron chi connectivity index (χ3n) is 2.99. The van der Waals surface area contributed by atoms with Gasteiger partial charge < -0.3 is 15.0 Å². The number of hydrogen-bond donors (Lipinski definition) is 3. The highest BCUT2D eigenvalue weighted by molar-refractivity contribution is 5.93. The second-order valence-electron chi connectivity index (χ2n) is 4.52. The Morgan fingerprint density at radius 2 is 2.14 bits per heavy atom. The summed E-state index contributed by atoms with van der Waals surface area (Å²) >= 11 is 0. The maximum Gasteiger partial charge on any atom is 0.287 e. The number of carbonyl (C=O) groups is 1. The van der Waals surface area contributed by atoms with Crippen LogP contribution in [0.2, 0.25) is 0 Å². The fraction of sp³-hybridized carbons (Fsp3) is 0.200. The second kappa shape index (κ2) is 7.25. The van der Waals surface area contributed by atoms with E-state index in [1.54, 1.807) is 24.5 Å². The number of hydrogen-bond acceptors (Lipinski definition) is 4. The van der Waals surface area contributed by atoms with E-state index in [0.29, 0.717) is 12.2 Å². The molecule has 0 aliphatic carbocycles. The van der Waals surface area contributed by atoms with Crippen LogP contribution in [-0.4, -0.2) is 42.4 Å². The number of likely N-dealkylation sites (N-methyl/N-ethyl adjacent to an activating group) is 1. The molecule has 3 N–H and O–H groups in total. The van der Waals surface area contributed by atoms with Crippen LogP contribution in [0.15, 0.2) is 47.7 Å². The molecule has 0 unspecified atom stereocenters. The van der Waals surface area contributed by atoms with Gasteiger partial charge in [0, 0.05) is 25.5 Å². The zero-order valence-electron chi connectivity index (χ0n) is 11.8. The lowest BCUT2D eigenvalue weighted by atomic mass is 10.2. The molecule has 1 aromatic carbocycles. The largest absolute Gasteiger partial charge is 0.395 e. The van der Waals surface area contributed by atoms with Crippen LogP contribution in [0.1, 0.15) is 16.1 Å². The third kappa shape index (κ3) is 4.19. The van der Waals surface area contributed by atoms with Gasteiger partial charge in [0.15, 0.2) is 0 Å². The summed E-state index contributed by atoms with van der Waals surface area (Å²) < 4.78 is 0. The van der Waals surface area contributed by atoms with Crippen molar-refractivity contribution in [3.8, 4) is 0 Å². The highest BCUT2D eigenvalue weighted by atomic mass is 16.3. The maximum absolute atomic E-state index is 11.6. The summed E-state index contributed by atoms with van der Waals surface area (Å²) in [5.41, 5.74) is 4.80. The molecule has 0 spiro atoms. The number of amides is 1. The smallest absolute Gasteiger partial charge is 0.287 e. The van der Waals surface area contributed by atoms with Crippen molar-refractivity contribution < 1.29 is 9.90 Å². The van der Waals surface area contributed by atoms with E-state index in [0.717, 1.165) is 11.3 Å². The maximum atomic E-state index is 11.6. The number of carbonyl (C=O) groups excluding carboxylic acids is 1. The number of aliphatic hydroxyl groups excluding tert-OH is 1. The van der Waals surface area contributed by atoms with Gasteiger partial charge in [0.2, 0.25) is 0 Å². The van der Waals surface area contributed by atoms with Crippen molar-refractivity contribution in [1.29, 1.82) is 0 Å². The molecule has 1 heterocycles. The Bertz CT molecular complexity index is 591. The molecule has 110 valence electrons. The number of benzene rings is 1. The number of nitrogens with one attached hydrogen (secondary N) is 2. The molecule has 2 aromatic rings. The van der Waals surface area contributed by atoms with E-state index >= 15 is 0 Å². The molecular weight excluding hydrogens is 268 g/mol. The number of nitrogens with zero attached hydrogens (tertiary/aromatic N) is 2. The number of H-pyrrole nitrogens is 1. The summed E-state index contributed by atoms with van der Waals surface area (Å²) in [4.78, 5) is 16.4. The van der Waals surface area contributed by atoms with E-state index in [-0.39, 0.29) is 12.5 Å². The van der Waals surface area contributed by atoms with E-state index in [9.17, 15) is 4.79 Å². The van der Waals surface area contributed by atoms with Gasteiger partial charge in [-0.3, -0.25) is 4.79 Å². The molecular formula is C15H18N4O2. The Labute approximate surface area is 123 Å². The van der Waals surface area contributed by atoms with E-state index in [4.69, 9.17) is 5.11 Å². The van der Waals surface area contributed by atoms with E-state index in [2.05, 4.69) is 15.5 Å². The summed E-state index contributed by atoms with van der Waals surface area (Å²) in [7, 11) is 1.91. The summed E-state index contributed by atoms with van der Waals surface area (Å²) in [6, 6.07) is 11.1. The molecule has 0 fully saturated rings. The van der Waals surface area contributed by atoms with Gasteiger partial charge in [0.05, 0.1) is 12.8 Å². The lowest BCUT2D eigenvalue weighted by Gasteiger charge is -2.17. The van der Waals surface area contributed by atoms with Crippen LogP contribution in [0, 0.1) is 0 Å². The van der Waals surface area contributed by atoms with Crippen molar-refractivity contribution in [2.45, 2.75) is 0 Å². The van der Waals surface area contributed by atoms with Crippen molar-refractivity contribution in [2.75, 3.05) is 25.1 Å². The molecule has 1 amide bonds. The van der Waals surface area contributed by atoms with Crippen LogP contribution in [0.25, 0.3) is 0 Å². The first kappa shape index (κ1) is 14.8. The van der Waals surface area contributed by atoms with Gasteiger partial charge in [-0.1, -0.05) is 12.1 Å². The minimum atomic E-state index is -0.282. The van der Waals surface area contributed by atoms with E-state index in [1.165, 1.54) is 0 Å². The highest BCUT2D eigenvalue weighted by Crippen LogP contribution is 2.12. The molecule has 0 aliphatic rings. The quantitative estimate of drug-likeness (QED) is 0.551. The number of aromatic nitrogens is 1. The third-order valence-corrected chi connectivity index (χ3v) is 2.99. The minimum Gasteiger partial charge on any atom is -0.395 e.